The minimum absolute atomic E-state index is 0.0574. The number of benzene rings is 1. The second kappa shape index (κ2) is 4.57. The van der Waals surface area contributed by atoms with Crippen molar-refractivity contribution in [3.8, 4) is 0 Å². The van der Waals surface area contributed by atoms with Crippen LogP contribution in [-0.2, 0) is 0 Å². The number of nitrogens with two attached hydrogens (primary N) is 2. The summed E-state index contributed by atoms with van der Waals surface area (Å²) >= 11 is 4.94. The molecule has 0 amide bonds. The normalized spacial score (nSPS) is 13.3. The number of nitrogens with zero attached hydrogens (tertiary/aromatic N) is 1. The fraction of sp³-hybridized carbons (Fsp3) is 0.300. The van der Waals surface area contributed by atoms with Crippen LogP contribution < -0.4 is 11.5 Å². The number of aromatic nitrogens is 1. The second-order valence-corrected chi connectivity index (χ2v) is 5.11. The van der Waals surface area contributed by atoms with Crippen LogP contribution in [0.25, 0.3) is 10.1 Å². The molecule has 15 heavy (non-hydrogen) atoms. The highest BCUT2D eigenvalue weighted by Gasteiger charge is 2.13. The molecule has 3 nitrogen and oxygen atoms in total. The molecule has 0 saturated carbocycles. The first kappa shape index (κ1) is 11.0. The summed E-state index contributed by atoms with van der Waals surface area (Å²) in [4.78, 5) is 0. The Morgan fingerprint density at radius 1 is 1.47 bits per heavy atom. The molecule has 1 aromatic heterocycles. The van der Waals surface area contributed by atoms with Crippen LogP contribution in [-0.4, -0.2) is 10.9 Å². The molecule has 0 radical (unpaired) electrons. The van der Waals surface area contributed by atoms with E-state index < -0.39 is 0 Å². The fourth-order valence-electron chi connectivity index (χ4n) is 1.51. The van der Waals surface area contributed by atoms with Gasteiger partial charge in [0.15, 0.2) is 0 Å². The fourth-order valence-corrected chi connectivity index (χ4v) is 2.70. The summed E-state index contributed by atoms with van der Waals surface area (Å²) in [7, 11) is 0. The quantitative estimate of drug-likeness (QED) is 0.910. The zero-order valence-electron chi connectivity index (χ0n) is 8.11. The van der Waals surface area contributed by atoms with E-state index in [4.69, 9.17) is 11.5 Å². The molecule has 2 rings (SSSR count). The van der Waals surface area contributed by atoms with Gasteiger partial charge in [-0.2, -0.15) is 4.37 Å². The molecule has 4 N–H and O–H groups in total. The molecule has 2 aromatic rings. The van der Waals surface area contributed by atoms with Gasteiger partial charge in [0.25, 0.3) is 0 Å². The van der Waals surface area contributed by atoms with Gasteiger partial charge in [0.2, 0.25) is 0 Å². The number of halogens is 1. The van der Waals surface area contributed by atoms with Crippen LogP contribution in [0.4, 0.5) is 0 Å². The molecular weight excluding hydrogens is 274 g/mol. The molecule has 0 spiro atoms. The average molecular weight is 286 g/mol. The summed E-state index contributed by atoms with van der Waals surface area (Å²) in [6.45, 7) is 0.591. The highest BCUT2D eigenvalue weighted by atomic mass is 79.9. The predicted octanol–water partition coefficient (Wildman–Crippen LogP) is 2.41. The monoisotopic (exact) mass is 285 g/mol. The van der Waals surface area contributed by atoms with Crippen LogP contribution in [0.2, 0.25) is 0 Å². The Balaban J connectivity index is 2.47. The van der Waals surface area contributed by atoms with Gasteiger partial charge in [0.1, 0.15) is 0 Å². The van der Waals surface area contributed by atoms with Gasteiger partial charge in [0.05, 0.1) is 10.4 Å². The molecule has 1 heterocycles. The van der Waals surface area contributed by atoms with Gasteiger partial charge in [-0.3, -0.25) is 0 Å². The molecular formula is C10H12BrN3S. The summed E-state index contributed by atoms with van der Waals surface area (Å²) in [5.74, 6) is 0. The summed E-state index contributed by atoms with van der Waals surface area (Å²) in [6, 6.07) is 6.07. The Kier molecular flexibility index (Phi) is 3.35. The highest BCUT2D eigenvalue weighted by Crippen LogP contribution is 2.29. The van der Waals surface area contributed by atoms with Crippen molar-refractivity contribution in [3.63, 3.8) is 0 Å². The minimum atomic E-state index is -0.0574. The van der Waals surface area contributed by atoms with Gasteiger partial charge in [-0.1, -0.05) is 15.9 Å². The first-order chi connectivity index (χ1) is 7.22. The summed E-state index contributed by atoms with van der Waals surface area (Å²) in [5.41, 5.74) is 12.5. The van der Waals surface area contributed by atoms with E-state index in [1.807, 2.05) is 6.07 Å². The average Bonchev–Trinajstić information content (AvgIpc) is 2.60. The zero-order chi connectivity index (χ0) is 10.8. The summed E-state index contributed by atoms with van der Waals surface area (Å²) in [5, 5.41) is 1.13. The molecule has 1 aromatic carbocycles. The van der Waals surface area contributed by atoms with Crippen LogP contribution in [0.3, 0.4) is 0 Å². The van der Waals surface area contributed by atoms with Crippen LogP contribution in [0, 0.1) is 0 Å². The van der Waals surface area contributed by atoms with Crippen LogP contribution >= 0.6 is 27.5 Å². The molecule has 0 saturated heterocycles. The summed E-state index contributed by atoms with van der Waals surface area (Å²) < 4.78 is 6.61. The summed E-state index contributed by atoms with van der Waals surface area (Å²) in [6.07, 6.45) is 0.769. The first-order valence-electron chi connectivity index (χ1n) is 4.73. The van der Waals surface area contributed by atoms with E-state index in [0.29, 0.717) is 6.54 Å². The molecule has 0 aliphatic carbocycles. The lowest BCUT2D eigenvalue weighted by atomic mass is 10.1. The largest absolute Gasteiger partial charge is 0.330 e. The van der Waals surface area contributed by atoms with Crippen molar-refractivity contribution in [3.05, 3.63) is 28.4 Å². The van der Waals surface area contributed by atoms with Crippen molar-refractivity contribution in [1.82, 2.24) is 4.37 Å². The number of fused-ring (bicyclic) bond motifs is 1. The number of hydrogen-bond donors (Lipinski definition) is 2. The molecule has 0 bridgehead atoms. The third-order valence-electron chi connectivity index (χ3n) is 2.29. The van der Waals surface area contributed by atoms with Crippen LogP contribution in [0.1, 0.15) is 18.2 Å². The first-order valence-corrected chi connectivity index (χ1v) is 6.29. The van der Waals surface area contributed by atoms with Crippen molar-refractivity contribution >= 4 is 37.5 Å². The standard InChI is InChI=1S/C10H12BrN3S/c11-6-1-2-9-7(5-6)10(14-15-9)8(13)3-4-12/h1-2,5,8H,3-4,12-13H2. The lowest BCUT2D eigenvalue weighted by molar-refractivity contribution is 0.654. The van der Waals surface area contributed by atoms with Crippen molar-refractivity contribution in [2.75, 3.05) is 6.54 Å². The molecule has 0 aliphatic rings. The lowest BCUT2D eigenvalue weighted by Gasteiger charge is -2.07. The van der Waals surface area contributed by atoms with Crippen molar-refractivity contribution < 1.29 is 0 Å². The molecule has 5 heteroatoms. The number of rotatable bonds is 3. The van der Waals surface area contributed by atoms with Gasteiger partial charge in [-0.25, -0.2) is 0 Å². The molecule has 1 atom stereocenters. The highest BCUT2D eigenvalue weighted by molar-refractivity contribution is 9.10. The van der Waals surface area contributed by atoms with Gasteiger partial charge in [-0.05, 0) is 42.7 Å². The van der Waals surface area contributed by atoms with Crippen molar-refractivity contribution in [1.29, 1.82) is 0 Å². The molecule has 0 fully saturated rings. The van der Waals surface area contributed by atoms with Gasteiger partial charge < -0.3 is 11.5 Å². The van der Waals surface area contributed by atoms with Gasteiger partial charge in [0, 0.05) is 15.9 Å². The van der Waals surface area contributed by atoms with Crippen LogP contribution in [0.5, 0.6) is 0 Å². The van der Waals surface area contributed by atoms with Gasteiger partial charge in [-0.15, -0.1) is 0 Å². The van der Waals surface area contributed by atoms with E-state index >= 15 is 0 Å². The van der Waals surface area contributed by atoms with E-state index in [0.717, 1.165) is 22.0 Å². The van der Waals surface area contributed by atoms with Gasteiger partial charge >= 0.3 is 0 Å². The van der Waals surface area contributed by atoms with E-state index in [9.17, 15) is 0 Å². The lowest BCUT2D eigenvalue weighted by Crippen LogP contribution is -2.15. The van der Waals surface area contributed by atoms with E-state index in [1.165, 1.54) is 16.2 Å². The Morgan fingerprint density at radius 2 is 2.27 bits per heavy atom. The Hall–Kier alpha value is -0.490. The molecule has 80 valence electrons. The second-order valence-electron chi connectivity index (χ2n) is 3.39. The maximum atomic E-state index is 6.01. The Labute approximate surface area is 101 Å². The Morgan fingerprint density at radius 3 is 3.00 bits per heavy atom. The Bertz CT molecular complexity index is 469. The minimum Gasteiger partial charge on any atom is -0.330 e. The molecule has 1 unspecified atom stereocenters. The van der Waals surface area contributed by atoms with E-state index in [1.54, 1.807) is 0 Å². The van der Waals surface area contributed by atoms with E-state index in [-0.39, 0.29) is 6.04 Å². The third-order valence-corrected chi connectivity index (χ3v) is 3.62. The third kappa shape index (κ3) is 2.20. The van der Waals surface area contributed by atoms with Crippen molar-refractivity contribution in [2.45, 2.75) is 12.5 Å². The predicted molar refractivity (Wildman–Crippen MR) is 67.9 cm³/mol. The molecule has 0 aliphatic heterocycles. The smallest absolute Gasteiger partial charge is 0.0788 e. The maximum absolute atomic E-state index is 6.01. The van der Waals surface area contributed by atoms with Crippen LogP contribution in [0.15, 0.2) is 22.7 Å². The van der Waals surface area contributed by atoms with Crippen molar-refractivity contribution in [2.24, 2.45) is 11.5 Å². The topological polar surface area (TPSA) is 64.9 Å². The maximum Gasteiger partial charge on any atom is 0.0788 e. The number of hydrogen-bond acceptors (Lipinski definition) is 4. The van der Waals surface area contributed by atoms with E-state index in [2.05, 4.69) is 32.4 Å². The zero-order valence-corrected chi connectivity index (χ0v) is 10.5. The SMILES string of the molecule is NCCC(N)c1nsc2ccc(Br)cc12.